The fourth-order valence-electron chi connectivity index (χ4n) is 2.06. The van der Waals surface area contributed by atoms with Crippen molar-refractivity contribution in [3.05, 3.63) is 64.4 Å². The van der Waals surface area contributed by atoms with Crippen LogP contribution in [0.25, 0.3) is 0 Å². The predicted molar refractivity (Wildman–Crippen MR) is 93.2 cm³/mol. The number of amides is 1. The molecule has 24 heavy (non-hydrogen) atoms. The monoisotopic (exact) mass is 393 g/mol. The summed E-state index contributed by atoms with van der Waals surface area (Å²) in [6, 6.07) is 13.4. The summed E-state index contributed by atoms with van der Waals surface area (Å²) in [6.45, 7) is 2.96. The Kier molecular flexibility index (Phi) is 5.72. The molecule has 1 N–H and O–H groups in total. The van der Waals surface area contributed by atoms with E-state index in [-0.39, 0.29) is 5.69 Å². The Morgan fingerprint density at radius 1 is 1.17 bits per heavy atom. The van der Waals surface area contributed by atoms with Crippen LogP contribution in [-0.2, 0) is 19.7 Å². The van der Waals surface area contributed by atoms with Crippen LogP contribution in [0.3, 0.4) is 0 Å². The molecule has 6 heteroatoms. The second-order valence-corrected chi connectivity index (χ2v) is 6.66. The SMILES string of the molecule is CC(C)(C(=O)OCC(=O)Nc1ccc(Br)cc1F)c1ccccc1. The minimum absolute atomic E-state index is 0.0292. The Morgan fingerprint density at radius 3 is 2.46 bits per heavy atom. The highest BCUT2D eigenvalue weighted by molar-refractivity contribution is 9.10. The van der Waals surface area contributed by atoms with Crippen molar-refractivity contribution in [1.29, 1.82) is 0 Å². The van der Waals surface area contributed by atoms with Crippen LogP contribution in [0.5, 0.6) is 0 Å². The molecule has 0 bridgehead atoms. The summed E-state index contributed by atoms with van der Waals surface area (Å²) in [4.78, 5) is 24.1. The minimum atomic E-state index is -0.885. The Labute approximate surface area is 148 Å². The molecule has 0 heterocycles. The Morgan fingerprint density at radius 2 is 1.83 bits per heavy atom. The van der Waals surface area contributed by atoms with Crippen molar-refractivity contribution in [1.82, 2.24) is 0 Å². The number of carbonyl (C=O) groups is 2. The molecule has 126 valence electrons. The second-order valence-electron chi connectivity index (χ2n) is 5.74. The van der Waals surface area contributed by atoms with E-state index in [9.17, 15) is 14.0 Å². The van der Waals surface area contributed by atoms with Gasteiger partial charge in [0.1, 0.15) is 5.82 Å². The maximum Gasteiger partial charge on any atom is 0.316 e. The van der Waals surface area contributed by atoms with Gasteiger partial charge in [0.15, 0.2) is 6.61 Å². The van der Waals surface area contributed by atoms with E-state index in [0.717, 1.165) is 5.56 Å². The third kappa shape index (κ3) is 4.41. The van der Waals surface area contributed by atoms with E-state index in [4.69, 9.17) is 4.74 Å². The number of carbonyl (C=O) groups excluding carboxylic acids is 2. The molecule has 0 aromatic heterocycles. The number of anilines is 1. The van der Waals surface area contributed by atoms with Crippen molar-refractivity contribution in [2.24, 2.45) is 0 Å². The third-order valence-corrected chi connectivity index (χ3v) is 4.04. The van der Waals surface area contributed by atoms with E-state index in [1.54, 1.807) is 19.9 Å². The number of ether oxygens (including phenoxy) is 1. The van der Waals surface area contributed by atoms with E-state index in [2.05, 4.69) is 21.2 Å². The van der Waals surface area contributed by atoms with Gasteiger partial charge < -0.3 is 10.1 Å². The fourth-order valence-corrected chi connectivity index (χ4v) is 2.39. The molecule has 2 aromatic carbocycles. The van der Waals surface area contributed by atoms with Crippen molar-refractivity contribution in [3.8, 4) is 0 Å². The summed E-state index contributed by atoms with van der Waals surface area (Å²) in [5.74, 6) is -1.71. The van der Waals surface area contributed by atoms with Crippen LogP contribution in [0.15, 0.2) is 53.0 Å². The van der Waals surface area contributed by atoms with Gasteiger partial charge in [-0.25, -0.2) is 4.39 Å². The Hall–Kier alpha value is -2.21. The zero-order valence-electron chi connectivity index (χ0n) is 13.3. The van der Waals surface area contributed by atoms with Crippen molar-refractivity contribution in [2.45, 2.75) is 19.3 Å². The van der Waals surface area contributed by atoms with Gasteiger partial charge in [-0.15, -0.1) is 0 Å². The van der Waals surface area contributed by atoms with E-state index in [1.807, 2.05) is 30.3 Å². The Bertz CT molecular complexity index is 747. The van der Waals surface area contributed by atoms with Gasteiger partial charge in [-0.3, -0.25) is 9.59 Å². The smallest absolute Gasteiger partial charge is 0.316 e. The number of benzene rings is 2. The molecule has 4 nitrogen and oxygen atoms in total. The maximum absolute atomic E-state index is 13.7. The van der Waals surface area contributed by atoms with Crippen molar-refractivity contribution in [3.63, 3.8) is 0 Å². The van der Waals surface area contributed by atoms with E-state index >= 15 is 0 Å². The number of halogens is 2. The molecular formula is C18H17BrFNO3. The first-order valence-corrected chi connectivity index (χ1v) is 8.07. The first-order valence-electron chi connectivity index (χ1n) is 7.28. The van der Waals surface area contributed by atoms with E-state index in [1.165, 1.54) is 12.1 Å². The lowest BCUT2D eigenvalue weighted by Gasteiger charge is -2.22. The van der Waals surface area contributed by atoms with Crippen LogP contribution >= 0.6 is 15.9 Å². The molecule has 2 aromatic rings. The lowest BCUT2D eigenvalue weighted by Crippen LogP contribution is -2.33. The molecule has 2 rings (SSSR count). The largest absolute Gasteiger partial charge is 0.455 e. The maximum atomic E-state index is 13.7. The summed E-state index contributed by atoms with van der Waals surface area (Å²) in [5, 5.41) is 2.37. The first-order chi connectivity index (χ1) is 11.3. The van der Waals surface area contributed by atoms with Crippen LogP contribution in [0.1, 0.15) is 19.4 Å². The average Bonchev–Trinajstić information content (AvgIpc) is 2.56. The van der Waals surface area contributed by atoms with Gasteiger partial charge in [-0.1, -0.05) is 46.3 Å². The van der Waals surface area contributed by atoms with Gasteiger partial charge in [-0.2, -0.15) is 0 Å². The highest BCUT2D eigenvalue weighted by Gasteiger charge is 2.31. The van der Waals surface area contributed by atoms with Gasteiger partial charge in [0.2, 0.25) is 0 Å². The molecule has 0 aliphatic rings. The molecule has 1 amide bonds. The van der Waals surface area contributed by atoms with Crippen LogP contribution in [-0.4, -0.2) is 18.5 Å². The number of rotatable bonds is 5. The summed E-state index contributed by atoms with van der Waals surface area (Å²) in [7, 11) is 0. The summed E-state index contributed by atoms with van der Waals surface area (Å²) >= 11 is 3.13. The zero-order valence-corrected chi connectivity index (χ0v) is 14.9. The van der Waals surface area contributed by atoms with Crippen LogP contribution in [0.4, 0.5) is 10.1 Å². The fraction of sp³-hybridized carbons (Fsp3) is 0.222. The third-order valence-electron chi connectivity index (χ3n) is 3.55. The Balaban J connectivity index is 1.95. The van der Waals surface area contributed by atoms with Gasteiger partial charge in [0.05, 0.1) is 11.1 Å². The molecule has 0 aliphatic carbocycles. The molecule has 0 spiro atoms. The number of hydrogen-bond donors (Lipinski definition) is 1. The van der Waals surface area contributed by atoms with Gasteiger partial charge >= 0.3 is 5.97 Å². The van der Waals surface area contributed by atoms with E-state index in [0.29, 0.717) is 4.47 Å². The van der Waals surface area contributed by atoms with Crippen LogP contribution in [0, 0.1) is 5.82 Å². The molecule has 0 fully saturated rings. The lowest BCUT2D eigenvalue weighted by atomic mass is 9.85. The number of nitrogens with one attached hydrogen (secondary N) is 1. The molecule has 0 radical (unpaired) electrons. The summed E-state index contributed by atoms with van der Waals surface area (Å²) in [5.41, 5.74) is -0.0688. The average molecular weight is 394 g/mol. The van der Waals surface area contributed by atoms with Gasteiger partial charge in [0, 0.05) is 4.47 Å². The predicted octanol–water partition coefficient (Wildman–Crippen LogP) is 4.05. The summed E-state index contributed by atoms with van der Waals surface area (Å²) in [6.07, 6.45) is 0. The van der Waals surface area contributed by atoms with Gasteiger partial charge in [-0.05, 0) is 37.6 Å². The van der Waals surface area contributed by atoms with Gasteiger partial charge in [0.25, 0.3) is 5.91 Å². The van der Waals surface area contributed by atoms with Crippen molar-refractivity contribution in [2.75, 3.05) is 11.9 Å². The molecule has 0 saturated heterocycles. The number of esters is 1. The molecule has 0 aliphatic heterocycles. The van der Waals surface area contributed by atoms with Crippen molar-refractivity contribution < 1.29 is 18.7 Å². The molecule has 0 saturated carbocycles. The normalized spacial score (nSPS) is 11.0. The first kappa shape index (κ1) is 18.1. The van der Waals surface area contributed by atoms with Crippen LogP contribution in [0.2, 0.25) is 0 Å². The zero-order chi connectivity index (χ0) is 17.7. The van der Waals surface area contributed by atoms with E-state index < -0.39 is 29.7 Å². The van der Waals surface area contributed by atoms with Crippen molar-refractivity contribution >= 4 is 33.5 Å². The standard InChI is InChI=1S/C18H17BrFNO3/c1-18(2,12-6-4-3-5-7-12)17(23)24-11-16(22)21-15-9-8-13(19)10-14(15)20/h3-10H,11H2,1-2H3,(H,21,22). The minimum Gasteiger partial charge on any atom is -0.455 e. The lowest BCUT2D eigenvalue weighted by molar-refractivity contribution is -0.152. The highest BCUT2D eigenvalue weighted by Crippen LogP contribution is 2.24. The molecule has 0 atom stereocenters. The number of hydrogen-bond acceptors (Lipinski definition) is 3. The molecular weight excluding hydrogens is 377 g/mol. The quantitative estimate of drug-likeness (QED) is 0.779. The molecule has 0 unspecified atom stereocenters. The summed E-state index contributed by atoms with van der Waals surface area (Å²) < 4.78 is 19.3. The highest BCUT2D eigenvalue weighted by atomic mass is 79.9. The second kappa shape index (κ2) is 7.57. The topological polar surface area (TPSA) is 55.4 Å². The van der Waals surface area contributed by atoms with Crippen LogP contribution < -0.4 is 5.32 Å².